The summed E-state index contributed by atoms with van der Waals surface area (Å²) in [7, 11) is 0. The topological polar surface area (TPSA) is 137 Å². The van der Waals surface area contributed by atoms with Crippen LogP contribution < -0.4 is 0 Å². The molecule has 1 fully saturated rings. The summed E-state index contributed by atoms with van der Waals surface area (Å²) in [6.07, 6.45) is -3.77. The first kappa shape index (κ1) is 25.4. The van der Waals surface area contributed by atoms with Gasteiger partial charge in [-0.15, -0.1) is 0 Å². The van der Waals surface area contributed by atoms with Gasteiger partial charge in [-0.05, 0) is 48.9 Å². The minimum Gasteiger partial charge on any atom is -0.459 e. The zero-order chi connectivity index (χ0) is 26.3. The third-order valence-electron chi connectivity index (χ3n) is 5.81. The average Bonchev–Trinajstić information content (AvgIpc) is 3.18. The number of carbonyl (C=O) groups excluding carboxylic acids is 3. The van der Waals surface area contributed by atoms with Gasteiger partial charge in [0.2, 0.25) is 0 Å². The molecule has 1 aliphatic rings. The third kappa shape index (κ3) is 5.78. The Morgan fingerprint density at radius 2 is 1.32 bits per heavy atom. The van der Waals surface area contributed by atoms with Crippen LogP contribution in [0.15, 0.2) is 96.1 Å². The van der Waals surface area contributed by atoms with E-state index in [-0.39, 0.29) is 17.7 Å². The molecule has 1 heterocycles. The van der Waals surface area contributed by atoms with Crippen molar-refractivity contribution >= 4 is 17.9 Å². The largest absolute Gasteiger partial charge is 0.459 e. The second-order valence-corrected chi connectivity index (χ2v) is 8.33. The van der Waals surface area contributed by atoms with Gasteiger partial charge >= 0.3 is 17.9 Å². The van der Waals surface area contributed by atoms with Gasteiger partial charge in [-0.3, -0.25) is 0 Å². The summed E-state index contributed by atoms with van der Waals surface area (Å²) in [4.78, 5) is 41.3. The van der Waals surface area contributed by atoms with Gasteiger partial charge < -0.3 is 18.9 Å². The van der Waals surface area contributed by atoms with Crippen molar-refractivity contribution in [2.45, 2.75) is 31.0 Å². The predicted octanol–water partition coefficient (Wildman–Crippen LogP) is 4.72. The van der Waals surface area contributed by atoms with E-state index in [2.05, 4.69) is 10.0 Å². The number of hydrogen-bond donors (Lipinski definition) is 0. The number of benzene rings is 3. The van der Waals surface area contributed by atoms with Crippen LogP contribution in [0.2, 0.25) is 0 Å². The Morgan fingerprint density at radius 1 is 0.838 bits per heavy atom. The first-order valence-electron chi connectivity index (χ1n) is 11.4. The van der Waals surface area contributed by atoms with E-state index in [0.717, 1.165) is 0 Å². The van der Waals surface area contributed by atoms with E-state index in [4.69, 9.17) is 24.5 Å². The van der Waals surface area contributed by atoms with Crippen molar-refractivity contribution in [3.63, 3.8) is 0 Å². The molecule has 0 spiro atoms. The first-order valence-corrected chi connectivity index (χ1v) is 11.4. The number of rotatable bonds is 8. The summed E-state index contributed by atoms with van der Waals surface area (Å²) in [5.41, 5.74) is 8.19. The lowest BCUT2D eigenvalue weighted by molar-refractivity contribution is -0.0865. The quantitative estimate of drug-likeness (QED) is 0.143. The molecule has 4 atom stereocenters. The molecule has 0 amide bonds. The van der Waals surface area contributed by atoms with Crippen molar-refractivity contribution in [3.05, 3.63) is 118 Å². The summed E-state index contributed by atoms with van der Waals surface area (Å²) in [6, 6.07) is 24.6. The molecule has 1 saturated heterocycles. The summed E-state index contributed by atoms with van der Waals surface area (Å²) in [6.45, 7) is 1.07. The number of nitrogens with zero attached hydrogens (tertiary/aromatic N) is 3. The number of carbonyl (C=O) groups is 3. The zero-order valence-corrected chi connectivity index (χ0v) is 19.8. The van der Waals surface area contributed by atoms with E-state index in [1.807, 2.05) is 0 Å². The smallest absolute Gasteiger partial charge is 0.338 e. The van der Waals surface area contributed by atoms with Crippen molar-refractivity contribution < 1.29 is 33.3 Å². The van der Waals surface area contributed by atoms with Crippen LogP contribution in [0, 0.1) is 0 Å². The van der Waals surface area contributed by atoms with Gasteiger partial charge in [0.05, 0.1) is 16.7 Å². The highest BCUT2D eigenvalue weighted by molar-refractivity contribution is 5.91. The molecule has 0 bridgehead atoms. The van der Waals surface area contributed by atoms with E-state index in [1.165, 1.54) is 6.92 Å². The van der Waals surface area contributed by atoms with E-state index in [1.54, 1.807) is 91.0 Å². The van der Waals surface area contributed by atoms with Crippen molar-refractivity contribution in [2.75, 3.05) is 6.61 Å². The molecule has 0 saturated carbocycles. The number of hydrogen-bond acceptors (Lipinski definition) is 8. The minimum atomic E-state index is -1.74. The van der Waals surface area contributed by atoms with Crippen LogP contribution in [0.3, 0.4) is 0 Å². The SMILES string of the molecule is C[C@]1(OC(=O)c2ccccc2)[C@H](N=[N+]=[N-])O[C@H](COC(=O)c2ccccc2)[C@H]1OC(=O)c1ccccc1. The Morgan fingerprint density at radius 3 is 1.84 bits per heavy atom. The Labute approximate surface area is 212 Å². The number of ether oxygens (including phenoxy) is 4. The molecular weight excluding hydrogens is 478 g/mol. The molecule has 0 aromatic heterocycles. The molecule has 0 unspecified atom stereocenters. The van der Waals surface area contributed by atoms with Gasteiger partial charge in [-0.2, -0.15) is 0 Å². The molecule has 0 N–H and O–H groups in total. The number of esters is 3. The fourth-order valence-corrected chi connectivity index (χ4v) is 3.90. The van der Waals surface area contributed by atoms with Gasteiger partial charge in [0.1, 0.15) is 12.7 Å². The molecule has 3 aromatic rings. The lowest BCUT2D eigenvalue weighted by Gasteiger charge is -2.33. The highest BCUT2D eigenvalue weighted by Gasteiger charge is 2.59. The standard InChI is InChI=1S/C27H23N3O7/c1-27(37-25(33)20-15-9-4-10-16-20)22(36-24(32)19-13-7-3-8-14-19)21(35-26(27)29-30-28)17-34-23(31)18-11-5-2-6-12-18/h2-16,21-22,26H,17H2,1H3/t21-,22-,26-,27-/m1/s1. The van der Waals surface area contributed by atoms with Gasteiger partial charge in [0.25, 0.3) is 0 Å². The second-order valence-electron chi connectivity index (χ2n) is 8.33. The molecule has 1 aliphatic heterocycles. The van der Waals surface area contributed by atoms with Crippen molar-refractivity contribution in [1.82, 2.24) is 0 Å². The van der Waals surface area contributed by atoms with E-state index in [0.29, 0.717) is 5.56 Å². The van der Waals surface area contributed by atoms with Crippen molar-refractivity contribution in [1.29, 1.82) is 0 Å². The monoisotopic (exact) mass is 501 g/mol. The van der Waals surface area contributed by atoms with Crippen LogP contribution in [-0.2, 0) is 18.9 Å². The maximum Gasteiger partial charge on any atom is 0.338 e. The molecular formula is C27H23N3O7. The van der Waals surface area contributed by atoms with Crippen LogP contribution in [0.5, 0.6) is 0 Å². The zero-order valence-electron chi connectivity index (χ0n) is 19.8. The number of azide groups is 1. The van der Waals surface area contributed by atoms with Crippen LogP contribution in [0.1, 0.15) is 38.0 Å². The van der Waals surface area contributed by atoms with Crippen LogP contribution >= 0.6 is 0 Å². The van der Waals surface area contributed by atoms with E-state index >= 15 is 0 Å². The average molecular weight is 501 g/mol. The first-order chi connectivity index (χ1) is 17.9. The molecule has 4 rings (SSSR count). The fraction of sp³-hybridized carbons (Fsp3) is 0.222. The van der Waals surface area contributed by atoms with Gasteiger partial charge in [-0.25, -0.2) is 14.4 Å². The van der Waals surface area contributed by atoms with Gasteiger partial charge in [-0.1, -0.05) is 59.7 Å². The summed E-state index contributed by atoms with van der Waals surface area (Å²) in [5.74, 6) is -2.10. The van der Waals surface area contributed by atoms with Crippen LogP contribution in [0.4, 0.5) is 0 Å². The summed E-state index contributed by atoms with van der Waals surface area (Å²) in [5, 5.41) is 3.64. The lowest BCUT2D eigenvalue weighted by Crippen LogP contribution is -2.51. The Hall–Kier alpha value is -4.66. The van der Waals surface area contributed by atoms with Crippen molar-refractivity contribution in [3.8, 4) is 0 Å². The second kappa shape index (κ2) is 11.4. The Balaban J connectivity index is 1.63. The highest BCUT2D eigenvalue weighted by atomic mass is 16.7. The van der Waals surface area contributed by atoms with Gasteiger partial charge in [0.15, 0.2) is 17.9 Å². The molecule has 3 aromatic carbocycles. The summed E-state index contributed by atoms with van der Waals surface area (Å²) < 4.78 is 22.8. The summed E-state index contributed by atoms with van der Waals surface area (Å²) >= 11 is 0. The normalized spacial score (nSPS) is 22.4. The van der Waals surface area contributed by atoms with Gasteiger partial charge in [0, 0.05) is 4.91 Å². The fourth-order valence-electron chi connectivity index (χ4n) is 3.90. The van der Waals surface area contributed by atoms with Crippen molar-refractivity contribution in [2.24, 2.45) is 5.11 Å². The molecule has 0 radical (unpaired) electrons. The van der Waals surface area contributed by atoms with E-state index < -0.39 is 41.9 Å². The predicted molar refractivity (Wildman–Crippen MR) is 130 cm³/mol. The molecule has 0 aliphatic carbocycles. The Kier molecular flexibility index (Phi) is 7.83. The van der Waals surface area contributed by atoms with Crippen LogP contribution in [-0.4, -0.2) is 48.6 Å². The molecule has 10 heteroatoms. The molecule has 10 nitrogen and oxygen atoms in total. The maximum absolute atomic E-state index is 13.0. The molecule has 37 heavy (non-hydrogen) atoms. The maximum atomic E-state index is 13.0. The van der Waals surface area contributed by atoms with E-state index in [9.17, 15) is 14.4 Å². The Bertz CT molecular complexity index is 1300. The highest BCUT2D eigenvalue weighted by Crippen LogP contribution is 2.39. The lowest BCUT2D eigenvalue weighted by atomic mass is 9.95. The molecule has 188 valence electrons. The third-order valence-corrected chi connectivity index (χ3v) is 5.81. The van der Waals surface area contributed by atoms with Crippen LogP contribution in [0.25, 0.3) is 10.4 Å². The minimum absolute atomic E-state index is 0.232.